The number of hydrogen-bond donors (Lipinski definition) is 1. The van der Waals surface area contributed by atoms with E-state index in [-0.39, 0.29) is 23.9 Å². The van der Waals surface area contributed by atoms with Crippen molar-refractivity contribution in [1.82, 2.24) is 10.2 Å². The van der Waals surface area contributed by atoms with Gasteiger partial charge < -0.3 is 19.7 Å². The molecule has 1 heterocycles. The average molecular weight is 360 g/mol. The topological polar surface area (TPSA) is 67.9 Å². The monoisotopic (exact) mass is 360 g/mol. The molecule has 0 aromatic heterocycles. The van der Waals surface area contributed by atoms with Crippen molar-refractivity contribution in [3.8, 4) is 11.5 Å². The maximum Gasteiger partial charge on any atom is 0.225 e. The number of nitrogens with zero attached hydrogens (tertiary/aromatic N) is 1. The van der Waals surface area contributed by atoms with E-state index in [4.69, 9.17) is 9.47 Å². The lowest BCUT2D eigenvalue weighted by Crippen LogP contribution is -2.41. The summed E-state index contributed by atoms with van der Waals surface area (Å²) < 4.78 is 10.8. The Morgan fingerprint density at radius 2 is 1.96 bits per heavy atom. The first-order chi connectivity index (χ1) is 12.6. The zero-order chi connectivity index (χ0) is 18.5. The van der Waals surface area contributed by atoms with Gasteiger partial charge >= 0.3 is 0 Å². The molecule has 0 bridgehead atoms. The predicted molar refractivity (Wildman–Crippen MR) is 98.1 cm³/mol. The summed E-state index contributed by atoms with van der Waals surface area (Å²) in [5.74, 6) is 1.66. The Hall–Kier alpha value is -2.24. The van der Waals surface area contributed by atoms with Crippen molar-refractivity contribution in [1.29, 1.82) is 0 Å². The molecule has 26 heavy (non-hydrogen) atoms. The zero-order valence-corrected chi connectivity index (χ0v) is 15.6. The van der Waals surface area contributed by atoms with E-state index in [1.807, 2.05) is 23.1 Å². The van der Waals surface area contributed by atoms with Crippen LogP contribution in [0.2, 0.25) is 0 Å². The summed E-state index contributed by atoms with van der Waals surface area (Å²) in [6.45, 7) is 0.505. The second-order valence-corrected chi connectivity index (χ2v) is 7.14. The van der Waals surface area contributed by atoms with E-state index in [1.165, 1.54) is 0 Å². The van der Waals surface area contributed by atoms with Crippen molar-refractivity contribution in [3.05, 3.63) is 23.8 Å². The molecule has 0 unspecified atom stereocenters. The minimum atomic E-state index is -0.0360. The Bertz CT molecular complexity index is 655. The first kappa shape index (κ1) is 18.5. The van der Waals surface area contributed by atoms with Crippen molar-refractivity contribution < 1.29 is 19.1 Å². The molecular formula is C20H28N2O4. The maximum absolute atomic E-state index is 13.1. The van der Waals surface area contributed by atoms with Gasteiger partial charge in [-0.25, -0.2) is 0 Å². The van der Waals surface area contributed by atoms with Gasteiger partial charge in [0, 0.05) is 37.0 Å². The fourth-order valence-electron chi connectivity index (χ4n) is 3.98. The third-order valence-electron chi connectivity index (χ3n) is 5.42. The molecule has 2 fully saturated rings. The molecule has 1 aromatic rings. The molecular weight excluding hydrogens is 332 g/mol. The van der Waals surface area contributed by atoms with Gasteiger partial charge in [0.25, 0.3) is 0 Å². The normalized spacial score (nSPS) is 20.1. The highest BCUT2D eigenvalue weighted by molar-refractivity contribution is 5.82. The summed E-state index contributed by atoms with van der Waals surface area (Å²) in [5.41, 5.74) is 0.947. The molecule has 2 aliphatic rings. The van der Waals surface area contributed by atoms with Gasteiger partial charge in [-0.15, -0.1) is 0 Å². The van der Waals surface area contributed by atoms with Crippen LogP contribution in [0.5, 0.6) is 11.5 Å². The first-order valence-electron chi connectivity index (χ1n) is 9.40. The van der Waals surface area contributed by atoms with Crippen LogP contribution in [0.3, 0.4) is 0 Å². The number of carbonyl (C=O) groups is 2. The van der Waals surface area contributed by atoms with E-state index in [2.05, 4.69) is 5.32 Å². The molecule has 0 spiro atoms. The number of hydrogen-bond acceptors (Lipinski definition) is 4. The minimum absolute atomic E-state index is 0.0360. The number of rotatable bonds is 7. The molecule has 1 saturated carbocycles. The molecule has 3 rings (SSSR count). The Labute approximate surface area is 154 Å². The van der Waals surface area contributed by atoms with Gasteiger partial charge in [-0.1, -0.05) is 12.8 Å². The van der Waals surface area contributed by atoms with Crippen molar-refractivity contribution in [2.24, 2.45) is 0 Å². The van der Waals surface area contributed by atoms with Gasteiger partial charge in [-0.3, -0.25) is 9.59 Å². The van der Waals surface area contributed by atoms with Crippen LogP contribution in [0.25, 0.3) is 0 Å². The van der Waals surface area contributed by atoms with Gasteiger partial charge in [0.2, 0.25) is 11.8 Å². The van der Waals surface area contributed by atoms with E-state index in [1.54, 1.807) is 14.2 Å². The van der Waals surface area contributed by atoms with Crippen molar-refractivity contribution in [2.75, 3.05) is 14.2 Å². The lowest BCUT2D eigenvalue weighted by molar-refractivity contribution is -0.134. The Morgan fingerprint density at radius 3 is 2.58 bits per heavy atom. The highest BCUT2D eigenvalue weighted by Gasteiger charge is 2.31. The van der Waals surface area contributed by atoms with Crippen LogP contribution in [0.1, 0.15) is 50.5 Å². The molecule has 1 aliphatic carbocycles. The summed E-state index contributed by atoms with van der Waals surface area (Å²) >= 11 is 0. The Morgan fingerprint density at radius 1 is 1.19 bits per heavy atom. The van der Waals surface area contributed by atoms with E-state index < -0.39 is 0 Å². The number of methoxy groups -OCH3 is 2. The number of nitrogens with one attached hydrogen (secondary N) is 1. The smallest absolute Gasteiger partial charge is 0.225 e. The molecule has 6 heteroatoms. The molecule has 2 amide bonds. The van der Waals surface area contributed by atoms with Gasteiger partial charge in [0.1, 0.15) is 11.5 Å². The van der Waals surface area contributed by atoms with E-state index in [9.17, 15) is 9.59 Å². The van der Waals surface area contributed by atoms with E-state index >= 15 is 0 Å². The maximum atomic E-state index is 13.1. The van der Waals surface area contributed by atoms with E-state index in [0.29, 0.717) is 19.4 Å². The average Bonchev–Trinajstić information content (AvgIpc) is 3.31. The Kier molecular flexibility index (Phi) is 6.01. The number of amides is 2. The molecule has 1 N–H and O–H groups in total. The SMILES string of the molecule is COc1ccc(OC)c(CN(C(=O)C[C@@H]2CCC(=O)N2)C2CCCC2)c1. The van der Waals surface area contributed by atoms with Crippen LogP contribution in [0.15, 0.2) is 18.2 Å². The molecule has 0 radical (unpaired) electrons. The van der Waals surface area contributed by atoms with Crippen LogP contribution in [0, 0.1) is 0 Å². The standard InChI is InChI=1S/C20H28N2O4/c1-25-17-8-9-18(26-2)14(11-17)13-22(16-5-3-4-6-16)20(24)12-15-7-10-19(23)21-15/h8-9,11,15-16H,3-7,10,12-13H2,1-2H3,(H,21,23)/t15-/m0/s1. The second-order valence-electron chi connectivity index (χ2n) is 7.14. The summed E-state index contributed by atoms with van der Waals surface area (Å²) in [6.07, 6.45) is 6.02. The van der Waals surface area contributed by atoms with Crippen molar-refractivity contribution in [2.45, 2.75) is 63.6 Å². The van der Waals surface area contributed by atoms with Gasteiger partial charge in [-0.05, 0) is 37.5 Å². The predicted octanol–water partition coefficient (Wildman–Crippen LogP) is 2.64. The fourth-order valence-corrected chi connectivity index (χ4v) is 3.98. The summed E-state index contributed by atoms with van der Waals surface area (Å²) in [5, 5.41) is 2.90. The van der Waals surface area contributed by atoms with Crippen LogP contribution < -0.4 is 14.8 Å². The largest absolute Gasteiger partial charge is 0.497 e. The number of benzene rings is 1. The highest BCUT2D eigenvalue weighted by atomic mass is 16.5. The van der Waals surface area contributed by atoms with Crippen LogP contribution >= 0.6 is 0 Å². The molecule has 1 saturated heterocycles. The molecule has 1 aliphatic heterocycles. The molecule has 1 atom stereocenters. The lowest BCUT2D eigenvalue weighted by Gasteiger charge is -2.31. The van der Waals surface area contributed by atoms with Gasteiger partial charge in [0.15, 0.2) is 0 Å². The number of ether oxygens (including phenoxy) is 2. The van der Waals surface area contributed by atoms with Crippen LogP contribution in [-0.4, -0.2) is 43.0 Å². The second kappa shape index (κ2) is 8.43. The third-order valence-corrected chi connectivity index (χ3v) is 5.42. The van der Waals surface area contributed by atoms with Crippen LogP contribution in [0.4, 0.5) is 0 Å². The van der Waals surface area contributed by atoms with Crippen LogP contribution in [-0.2, 0) is 16.1 Å². The first-order valence-corrected chi connectivity index (χ1v) is 9.40. The quantitative estimate of drug-likeness (QED) is 0.812. The summed E-state index contributed by atoms with van der Waals surface area (Å²) in [4.78, 5) is 26.5. The lowest BCUT2D eigenvalue weighted by atomic mass is 10.1. The van der Waals surface area contributed by atoms with Gasteiger partial charge in [-0.2, -0.15) is 0 Å². The summed E-state index contributed by atoms with van der Waals surface area (Å²) in [7, 11) is 3.27. The molecule has 6 nitrogen and oxygen atoms in total. The zero-order valence-electron chi connectivity index (χ0n) is 15.6. The summed E-state index contributed by atoms with van der Waals surface area (Å²) in [6, 6.07) is 5.90. The highest BCUT2D eigenvalue weighted by Crippen LogP contribution is 2.30. The van der Waals surface area contributed by atoms with Crippen molar-refractivity contribution in [3.63, 3.8) is 0 Å². The molecule has 142 valence electrons. The third kappa shape index (κ3) is 4.29. The Balaban J connectivity index is 1.78. The minimum Gasteiger partial charge on any atom is -0.497 e. The molecule has 1 aromatic carbocycles. The van der Waals surface area contributed by atoms with Crippen molar-refractivity contribution >= 4 is 11.8 Å². The van der Waals surface area contributed by atoms with E-state index in [0.717, 1.165) is 49.2 Å². The fraction of sp³-hybridized carbons (Fsp3) is 0.600. The number of carbonyl (C=O) groups excluding carboxylic acids is 2. The van der Waals surface area contributed by atoms with Gasteiger partial charge in [0.05, 0.1) is 14.2 Å².